The molecule has 0 radical (unpaired) electrons. The highest BCUT2D eigenvalue weighted by atomic mass is 15.4. The van der Waals surface area contributed by atoms with Crippen LogP contribution in [0, 0.1) is 20.8 Å². The lowest BCUT2D eigenvalue weighted by molar-refractivity contribution is 0.712. The molecule has 0 aliphatic heterocycles. The van der Waals surface area contributed by atoms with Crippen molar-refractivity contribution < 1.29 is 0 Å². The zero-order valence-electron chi connectivity index (χ0n) is 16.5. The monoisotopic (exact) mass is 351 g/mol. The summed E-state index contributed by atoms with van der Waals surface area (Å²) in [7, 11) is 0. The average molecular weight is 351 g/mol. The molecule has 2 aromatic heterocycles. The lowest BCUT2D eigenvalue weighted by Crippen LogP contribution is -2.28. The maximum absolute atomic E-state index is 4.82. The van der Waals surface area contributed by atoms with Crippen molar-refractivity contribution in [2.75, 3.05) is 23.3 Å². The van der Waals surface area contributed by atoms with Gasteiger partial charge in [0.05, 0.1) is 6.20 Å². The maximum Gasteiger partial charge on any atom is 0.159 e. The molecular formula is C21H29N5. The molecule has 138 valence electrons. The molecule has 1 N–H and O–H groups in total. The molecule has 3 rings (SSSR count). The summed E-state index contributed by atoms with van der Waals surface area (Å²) in [6.45, 7) is 12.8. The molecule has 0 saturated carbocycles. The van der Waals surface area contributed by atoms with Crippen LogP contribution >= 0.6 is 0 Å². The van der Waals surface area contributed by atoms with Gasteiger partial charge in [-0.3, -0.25) is 0 Å². The van der Waals surface area contributed by atoms with Gasteiger partial charge < -0.3 is 10.2 Å². The standard InChI is InChI=1S/C21H29N5/c1-6-12-25(13-7-2)21-17(5)20(24-19-10-11-22-26(19)21)23-18-9-8-15(3)14-16(18)4/h8-11,14H,6-7,12-13H2,1-5H3,(H,23,24). The number of rotatable bonds is 7. The van der Waals surface area contributed by atoms with Crippen LogP contribution in [0.4, 0.5) is 17.3 Å². The number of hydrogen-bond donors (Lipinski definition) is 1. The Bertz CT molecular complexity index is 891. The summed E-state index contributed by atoms with van der Waals surface area (Å²) in [5.74, 6) is 2.04. The molecule has 1 aromatic carbocycles. The lowest BCUT2D eigenvalue weighted by atomic mass is 10.1. The third-order valence-corrected chi connectivity index (χ3v) is 4.66. The van der Waals surface area contributed by atoms with E-state index in [0.29, 0.717) is 0 Å². The summed E-state index contributed by atoms with van der Waals surface area (Å²) in [6, 6.07) is 8.41. The summed E-state index contributed by atoms with van der Waals surface area (Å²) in [6.07, 6.45) is 4.02. The Kier molecular flexibility index (Phi) is 5.45. The van der Waals surface area contributed by atoms with Gasteiger partial charge in [-0.25, -0.2) is 4.98 Å². The van der Waals surface area contributed by atoms with Crippen LogP contribution in [0.3, 0.4) is 0 Å². The summed E-state index contributed by atoms with van der Waals surface area (Å²) < 4.78 is 1.97. The van der Waals surface area contributed by atoms with Gasteiger partial charge in [-0.05, 0) is 45.2 Å². The van der Waals surface area contributed by atoms with Crippen LogP contribution in [0.2, 0.25) is 0 Å². The minimum atomic E-state index is 0.870. The van der Waals surface area contributed by atoms with Gasteiger partial charge in [-0.2, -0.15) is 9.61 Å². The molecule has 0 spiro atoms. The molecular weight excluding hydrogens is 322 g/mol. The van der Waals surface area contributed by atoms with Crippen molar-refractivity contribution in [2.24, 2.45) is 0 Å². The van der Waals surface area contributed by atoms with Gasteiger partial charge >= 0.3 is 0 Å². The lowest BCUT2D eigenvalue weighted by Gasteiger charge is -2.27. The number of nitrogens with one attached hydrogen (secondary N) is 1. The van der Waals surface area contributed by atoms with Crippen LogP contribution in [0.5, 0.6) is 0 Å². The Morgan fingerprint density at radius 1 is 1.04 bits per heavy atom. The number of aromatic nitrogens is 3. The Morgan fingerprint density at radius 2 is 1.77 bits per heavy atom. The first kappa shape index (κ1) is 18.2. The highest BCUT2D eigenvalue weighted by molar-refractivity contribution is 5.70. The molecule has 0 aliphatic rings. The zero-order chi connectivity index (χ0) is 18.7. The van der Waals surface area contributed by atoms with E-state index in [-0.39, 0.29) is 0 Å². The van der Waals surface area contributed by atoms with E-state index in [0.717, 1.165) is 54.5 Å². The van der Waals surface area contributed by atoms with Gasteiger partial charge in [-0.15, -0.1) is 0 Å². The summed E-state index contributed by atoms with van der Waals surface area (Å²) in [4.78, 5) is 7.24. The van der Waals surface area contributed by atoms with Crippen LogP contribution in [0.25, 0.3) is 5.65 Å². The van der Waals surface area contributed by atoms with Crippen LogP contribution in [0.15, 0.2) is 30.5 Å². The molecule has 0 unspecified atom stereocenters. The van der Waals surface area contributed by atoms with Gasteiger partial charge in [0.1, 0.15) is 11.6 Å². The Balaban J connectivity index is 2.10. The summed E-state index contributed by atoms with van der Waals surface area (Å²) in [5.41, 5.74) is 5.58. The van der Waals surface area contributed by atoms with Crippen molar-refractivity contribution in [3.05, 3.63) is 47.2 Å². The Hall–Kier alpha value is -2.56. The molecule has 0 bridgehead atoms. The second-order valence-electron chi connectivity index (χ2n) is 6.94. The maximum atomic E-state index is 4.82. The third kappa shape index (κ3) is 3.52. The first-order valence-electron chi connectivity index (χ1n) is 9.48. The minimum Gasteiger partial charge on any atom is -0.356 e. The highest BCUT2D eigenvalue weighted by Gasteiger charge is 2.18. The fourth-order valence-electron chi connectivity index (χ4n) is 3.45. The van der Waals surface area contributed by atoms with Crippen molar-refractivity contribution in [3.63, 3.8) is 0 Å². The van der Waals surface area contributed by atoms with Crippen LogP contribution in [-0.2, 0) is 0 Å². The average Bonchev–Trinajstić information content (AvgIpc) is 3.06. The molecule has 0 fully saturated rings. The number of hydrogen-bond acceptors (Lipinski definition) is 4. The van der Waals surface area contributed by atoms with Crippen LogP contribution in [0.1, 0.15) is 43.4 Å². The van der Waals surface area contributed by atoms with Gasteiger partial charge in [0.25, 0.3) is 0 Å². The molecule has 0 atom stereocenters. The van der Waals surface area contributed by atoms with Crippen LogP contribution in [-0.4, -0.2) is 27.7 Å². The molecule has 2 heterocycles. The molecule has 0 aliphatic carbocycles. The van der Waals surface area contributed by atoms with E-state index in [1.165, 1.54) is 11.1 Å². The smallest absolute Gasteiger partial charge is 0.159 e. The predicted octanol–water partition coefficient (Wildman–Crippen LogP) is 5.02. The van der Waals surface area contributed by atoms with Crippen molar-refractivity contribution >= 4 is 23.0 Å². The Labute approximate surface area is 156 Å². The minimum absolute atomic E-state index is 0.870. The van der Waals surface area contributed by atoms with Crippen molar-refractivity contribution in [1.29, 1.82) is 0 Å². The topological polar surface area (TPSA) is 45.5 Å². The second-order valence-corrected chi connectivity index (χ2v) is 6.94. The third-order valence-electron chi connectivity index (χ3n) is 4.66. The first-order chi connectivity index (χ1) is 12.5. The molecule has 26 heavy (non-hydrogen) atoms. The fraction of sp³-hybridized carbons (Fsp3) is 0.429. The number of anilines is 3. The number of aryl methyl sites for hydroxylation is 2. The quantitative estimate of drug-likeness (QED) is 0.649. The van der Waals surface area contributed by atoms with Gasteiger partial charge in [-0.1, -0.05) is 31.5 Å². The zero-order valence-corrected chi connectivity index (χ0v) is 16.5. The normalized spacial score (nSPS) is 11.1. The Morgan fingerprint density at radius 3 is 2.42 bits per heavy atom. The van der Waals surface area contributed by atoms with Crippen molar-refractivity contribution in [2.45, 2.75) is 47.5 Å². The van der Waals surface area contributed by atoms with Crippen molar-refractivity contribution in [3.8, 4) is 0 Å². The van der Waals surface area contributed by atoms with E-state index in [9.17, 15) is 0 Å². The highest BCUT2D eigenvalue weighted by Crippen LogP contribution is 2.30. The van der Waals surface area contributed by atoms with Crippen LogP contribution < -0.4 is 10.2 Å². The first-order valence-corrected chi connectivity index (χ1v) is 9.48. The summed E-state index contributed by atoms with van der Waals surface area (Å²) in [5, 5.41) is 8.08. The fourth-order valence-corrected chi connectivity index (χ4v) is 3.45. The molecule has 0 amide bonds. The van der Waals surface area contributed by atoms with E-state index >= 15 is 0 Å². The van der Waals surface area contributed by atoms with E-state index in [4.69, 9.17) is 4.98 Å². The molecule has 5 heteroatoms. The SMILES string of the molecule is CCCN(CCC)c1c(C)c(Nc2ccc(C)cc2C)nc2ccnn12. The van der Waals surface area contributed by atoms with Crippen molar-refractivity contribution in [1.82, 2.24) is 14.6 Å². The van der Waals surface area contributed by atoms with E-state index in [1.807, 2.05) is 16.8 Å². The summed E-state index contributed by atoms with van der Waals surface area (Å²) >= 11 is 0. The van der Waals surface area contributed by atoms with Gasteiger partial charge in [0.2, 0.25) is 0 Å². The number of benzene rings is 1. The van der Waals surface area contributed by atoms with Gasteiger partial charge in [0.15, 0.2) is 5.65 Å². The molecule has 0 saturated heterocycles. The van der Waals surface area contributed by atoms with E-state index in [1.54, 1.807) is 0 Å². The number of nitrogens with zero attached hydrogens (tertiary/aromatic N) is 4. The molecule has 5 nitrogen and oxygen atoms in total. The second kappa shape index (κ2) is 7.77. The number of fused-ring (bicyclic) bond motifs is 1. The van der Waals surface area contributed by atoms with E-state index in [2.05, 4.69) is 68.1 Å². The van der Waals surface area contributed by atoms with E-state index < -0.39 is 0 Å². The van der Waals surface area contributed by atoms with Gasteiger partial charge in [0, 0.05) is 30.4 Å². The largest absolute Gasteiger partial charge is 0.356 e. The molecule has 3 aromatic rings. The predicted molar refractivity (Wildman–Crippen MR) is 110 cm³/mol.